The second-order valence-corrected chi connectivity index (χ2v) is 13.1. The maximum Gasteiger partial charge on any atom is 0.355 e. The zero-order valence-corrected chi connectivity index (χ0v) is 14.6. The number of halogens is 4. The van der Waals surface area contributed by atoms with E-state index in [4.69, 9.17) is 0 Å². The molecule has 1 N–H and O–H groups in total. The van der Waals surface area contributed by atoms with E-state index in [-0.39, 0.29) is 0 Å². The molecule has 0 atom stereocenters. The van der Waals surface area contributed by atoms with Crippen LogP contribution in [0.3, 0.4) is 0 Å². The van der Waals surface area contributed by atoms with Crippen LogP contribution >= 0.6 is 90.0 Å². The zero-order chi connectivity index (χ0) is 9.40. The zero-order valence-electron chi connectivity index (χ0n) is 5.98. The lowest BCUT2D eigenvalue weighted by molar-refractivity contribution is 1.70. The standard InChI is InChI=1S/C6H6IN.BI3/c7-8-6-4-2-1-3-5-6;2-1(3)4/h1-5,8H;. The summed E-state index contributed by atoms with van der Waals surface area (Å²) in [5, 5.41) is 0. The largest absolute Gasteiger partial charge is 0.355 e. The molecule has 0 heterocycles. The quantitative estimate of drug-likeness (QED) is 0.276. The van der Waals surface area contributed by atoms with Crippen LogP contribution in [-0.4, -0.2) is 0.282 Å². The molecule has 66 valence electrons. The van der Waals surface area contributed by atoms with Crippen LogP contribution in [0.25, 0.3) is 0 Å². The number of para-hydroxylation sites is 1. The van der Waals surface area contributed by atoms with Gasteiger partial charge in [-0.05, 0) is 12.1 Å². The predicted octanol–water partition coefficient (Wildman–Crippen LogP) is 4.72. The van der Waals surface area contributed by atoms with E-state index < -0.39 is 0 Å². The van der Waals surface area contributed by atoms with E-state index in [9.17, 15) is 0 Å². The van der Waals surface area contributed by atoms with Crippen LogP contribution in [0.4, 0.5) is 5.69 Å². The van der Waals surface area contributed by atoms with Crippen molar-refractivity contribution in [1.29, 1.82) is 0 Å². The Morgan fingerprint density at radius 3 is 1.67 bits per heavy atom. The Balaban J connectivity index is 0.000000261. The first kappa shape index (κ1) is 14.0. The molecule has 0 amide bonds. The molecule has 0 aliphatic rings. The molecule has 6 heteroatoms. The van der Waals surface area contributed by atoms with Crippen molar-refractivity contribution in [3.05, 3.63) is 30.3 Å². The van der Waals surface area contributed by atoms with Crippen molar-refractivity contribution in [3.63, 3.8) is 0 Å². The van der Waals surface area contributed by atoms with E-state index in [1.807, 2.05) is 30.3 Å². The highest BCUT2D eigenvalue weighted by Crippen LogP contribution is 2.10. The Morgan fingerprint density at radius 2 is 1.42 bits per heavy atom. The average molecular weight is 611 g/mol. The fourth-order valence-corrected chi connectivity index (χ4v) is 0.861. The molecule has 0 aromatic heterocycles. The molecule has 1 rings (SSSR count). The summed E-state index contributed by atoms with van der Waals surface area (Å²) >= 11 is 9.05. The van der Waals surface area contributed by atoms with Gasteiger partial charge in [0.05, 0.1) is 22.9 Å². The Kier molecular flexibility index (Phi) is 11.2. The minimum atomic E-state index is 0.743. The van der Waals surface area contributed by atoms with E-state index >= 15 is 0 Å². The maximum atomic E-state index is 3.00. The lowest BCUT2D eigenvalue weighted by atomic mass is 10.3. The minimum absolute atomic E-state index is 0.743. The molecule has 0 radical (unpaired) electrons. The SMILES string of the molecule is IB(I)I.INc1ccccc1. The summed E-state index contributed by atoms with van der Waals surface area (Å²) in [5.74, 6) is 0. The van der Waals surface area contributed by atoms with Crippen LogP contribution in [0.15, 0.2) is 30.3 Å². The molecular formula is C6H6BI4N. The third-order valence-corrected chi connectivity index (χ3v) is 1.51. The number of benzene rings is 1. The number of anilines is 1. The van der Waals surface area contributed by atoms with Crippen LogP contribution in [0.1, 0.15) is 0 Å². The van der Waals surface area contributed by atoms with Crippen molar-refractivity contribution in [1.82, 2.24) is 0 Å². The predicted molar refractivity (Wildman–Crippen MR) is 91.9 cm³/mol. The number of hydrogen-bond donors (Lipinski definition) is 1. The molecule has 0 saturated heterocycles. The van der Waals surface area contributed by atoms with Crippen molar-refractivity contribution < 1.29 is 0 Å². The summed E-state index contributed by atoms with van der Waals surface area (Å²) in [6.07, 6.45) is 0. The summed E-state index contributed by atoms with van der Waals surface area (Å²) in [4.78, 5) is 0. The molecule has 0 aliphatic carbocycles. The highest BCUT2D eigenvalue weighted by atomic mass is 127. The van der Waals surface area contributed by atoms with E-state index in [2.05, 4.69) is 93.5 Å². The van der Waals surface area contributed by atoms with Gasteiger partial charge in [0, 0.05) is 5.69 Å². The smallest absolute Gasteiger partial charge is 0.328 e. The Morgan fingerprint density at radius 1 is 1.00 bits per heavy atom. The fraction of sp³-hybridized carbons (Fsp3) is 0. The molecule has 0 spiro atoms. The third-order valence-electron chi connectivity index (χ3n) is 0.883. The lowest BCUT2D eigenvalue weighted by Crippen LogP contribution is -1.73. The highest BCUT2D eigenvalue weighted by Gasteiger charge is 1.87. The topological polar surface area (TPSA) is 12.0 Å². The monoisotopic (exact) mass is 611 g/mol. The molecule has 0 bridgehead atoms. The van der Waals surface area contributed by atoms with Crippen LogP contribution in [0.5, 0.6) is 0 Å². The Labute approximate surface area is 127 Å². The van der Waals surface area contributed by atoms with Gasteiger partial charge in [0.2, 0.25) is 0 Å². The van der Waals surface area contributed by atoms with Gasteiger partial charge in [0.15, 0.2) is 0 Å². The van der Waals surface area contributed by atoms with Gasteiger partial charge < -0.3 is 3.53 Å². The molecule has 1 nitrogen and oxygen atoms in total. The van der Waals surface area contributed by atoms with Crippen LogP contribution in [0.2, 0.25) is 0 Å². The van der Waals surface area contributed by atoms with E-state index in [0.29, 0.717) is 0 Å². The first-order valence-electron chi connectivity index (χ1n) is 3.00. The second kappa shape index (κ2) is 9.56. The highest BCUT2D eigenvalue weighted by molar-refractivity contribution is 14.4. The fourth-order valence-electron chi connectivity index (χ4n) is 0.501. The van der Waals surface area contributed by atoms with Gasteiger partial charge in [-0.2, -0.15) is 0 Å². The van der Waals surface area contributed by atoms with E-state index in [1.165, 1.54) is 0 Å². The first-order chi connectivity index (χ1) is 5.66. The second-order valence-electron chi connectivity index (χ2n) is 1.71. The first-order valence-corrected chi connectivity index (χ1v) is 7.82. The molecule has 1 aromatic carbocycles. The van der Waals surface area contributed by atoms with Crippen molar-refractivity contribution in [2.45, 2.75) is 0 Å². The number of hydrogen-bond acceptors (Lipinski definition) is 1. The minimum Gasteiger partial charge on any atom is -0.328 e. The van der Waals surface area contributed by atoms with E-state index in [1.54, 1.807) is 0 Å². The third kappa shape index (κ3) is 10.1. The Bertz CT molecular complexity index is 191. The van der Waals surface area contributed by atoms with Crippen LogP contribution < -0.4 is 3.53 Å². The normalized spacial score (nSPS) is 8.00. The summed E-state index contributed by atoms with van der Waals surface area (Å²) < 4.78 is 3.74. The lowest BCUT2D eigenvalue weighted by Gasteiger charge is -1.91. The molecule has 0 unspecified atom stereocenters. The van der Waals surface area contributed by atoms with Crippen LogP contribution in [0, 0.1) is 0 Å². The molecule has 0 saturated carbocycles. The van der Waals surface area contributed by atoms with Crippen LogP contribution in [-0.2, 0) is 0 Å². The van der Waals surface area contributed by atoms with Crippen molar-refractivity contribution in [3.8, 4) is 0 Å². The molecular weight excluding hydrogens is 605 g/mol. The molecule has 1 aromatic rings. The summed E-state index contributed by atoms with van der Waals surface area (Å²) in [5.41, 5.74) is 1.15. The van der Waals surface area contributed by atoms with Gasteiger partial charge in [-0.25, -0.2) is 0 Å². The molecule has 12 heavy (non-hydrogen) atoms. The van der Waals surface area contributed by atoms with Gasteiger partial charge >= 0.3 is 0.282 Å². The number of rotatable bonds is 1. The molecule has 0 fully saturated rings. The van der Waals surface area contributed by atoms with Gasteiger partial charge in [-0.3, -0.25) is 0 Å². The number of nitrogens with one attached hydrogen (secondary N) is 1. The average Bonchev–Trinajstić information content (AvgIpc) is 2.05. The maximum absolute atomic E-state index is 3.00. The molecule has 0 aliphatic heterocycles. The van der Waals surface area contributed by atoms with Crippen molar-refractivity contribution in [2.75, 3.05) is 3.53 Å². The van der Waals surface area contributed by atoms with Gasteiger partial charge in [-0.15, -0.1) is 67.1 Å². The van der Waals surface area contributed by atoms with E-state index in [0.717, 1.165) is 5.97 Å². The van der Waals surface area contributed by atoms with Crippen molar-refractivity contribution >= 4 is 96.0 Å². The van der Waals surface area contributed by atoms with Crippen molar-refractivity contribution in [2.24, 2.45) is 0 Å². The van der Waals surface area contributed by atoms with Gasteiger partial charge in [-0.1, -0.05) is 18.2 Å². The summed E-state index contributed by atoms with van der Waals surface area (Å²) in [7, 11) is 0. The summed E-state index contributed by atoms with van der Waals surface area (Å²) in [6.45, 7) is 0. The van der Waals surface area contributed by atoms with Gasteiger partial charge in [0.1, 0.15) is 0 Å². The van der Waals surface area contributed by atoms with Gasteiger partial charge in [0.25, 0.3) is 0 Å². The Hall–Kier alpha value is 2.00. The summed E-state index contributed by atoms with van der Waals surface area (Å²) in [6, 6.07) is 10.0.